The summed E-state index contributed by atoms with van der Waals surface area (Å²) in [5.41, 5.74) is 3.54. The van der Waals surface area contributed by atoms with Crippen molar-refractivity contribution in [3.63, 3.8) is 0 Å². The molecule has 1 atom stereocenters. The topological polar surface area (TPSA) is 67.9 Å². The summed E-state index contributed by atoms with van der Waals surface area (Å²) >= 11 is 0. The number of nitrogens with one attached hydrogen (secondary N) is 1. The van der Waals surface area contributed by atoms with Crippen molar-refractivity contribution >= 4 is 17.5 Å². The smallest absolute Gasteiger partial charge is 0.259 e. The predicted octanol–water partition coefficient (Wildman–Crippen LogP) is 5.66. The number of hydrogen-bond acceptors (Lipinski definition) is 4. The highest BCUT2D eigenvalue weighted by Gasteiger charge is 2.35. The maximum Gasteiger partial charge on any atom is 0.259 e. The molecule has 0 aromatic heterocycles. The lowest BCUT2D eigenvalue weighted by Gasteiger charge is -2.33. The zero-order valence-corrected chi connectivity index (χ0v) is 21.1. The Balaban J connectivity index is 1.62. The third-order valence-electron chi connectivity index (χ3n) is 7.17. The van der Waals surface area contributed by atoms with Crippen LogP contribution in [0.4, 0.5) is 10.1 Å². The van der Waals surface area contributed by atoms with Crippen molar-refractivity contribution in [2.24, 2.45) is 0 Å². The Bertz CT molecular complexity index is 1300. The molecule has 3 aromatic carbocycles. The second-order valence-corrected chi connectivity index (χ2v) is 9.75. The highest BCUT2D eigenvalue weighted by atomic mass is 19.1. The third kappa shape index (κ3) is 5.31. The van der Waals surface area contributed by atoms with Crippen LogP contribution in [-0.2, 0) is 4.79 Å². The van der Waals surface area contributed by atoms with Crippen LogP contribution in [0.2, 0.25) is 0 Å². The molecule has 1 aliphatic carbocycles. The van der Waals surface area contributed by atoms with E-state index in [-0.39, 0.29) is 17.9 Å². The van der Waals surface area contributed by atoms with Gasteiger partial charge in [-0.25, -0.2) is 4.39 Å². The number of amides is 2. The lowest BCUT2D eigenvalue weighted by molar-refractivity contribution is -0.123. The second-order valence-electron chi connectivity index (χ2n) is 9.75. The molecule has 37 heavy (non-hydrogen) atoms. The zero-order valence-electron chi connectivity index (χ0n) is 21.1. The number of fused-ring (bicyclic) bond motifs is 1. The van der Waals surface area contributed by atoms with E-state index in [9.17, 15) is 14.0 Å². The molecular formula is C30H31FN2O4. The highest BCUT2D eigenvalue weighted by molar-refractivity contribution is 6.10. The van der Waals surface area contributed by atoms with E-state index in [0.29, 0.717) is 41.5 Å². The molecule has 2 amide bonds. The Hall–Kier alpha value is -3.87. The molecule has 0 unspecified atom stereocenters. The first-order valence-electron chi connectivity index (χ1n) is 12.8. The minimum Gasteiger partial charge on any atom is -0.486 e. The Morgan fingerprint density at radius 2 is 1.59 bits per heavy atom. The van der Waals surface area contributed by atoms with Crippen LogP contribution in [0.3, 0.4) is 0 Å². The van der Waals surface area contributed by atoms with Crippen molar-refractivity contribution in [2.45, 2.75) is 51.6 Å². The SMILES string of the molecule is Cc1ccc(N(C(=O)c2ccc3c(c2)OCCO3)[C@H](C(=O)NC2CCCC2)c2ccc(F)cc2)cc1C. The van der Waals surface area contributed by atoms with Gasteiger partial charge in [0.05, 0.1) is 0 Å². The van der Waals surface area contributed by atoms with Gasteiger partial charge in [0, 0.05) is 17.3 Å². The number of aryl methyl sites for hydroxylation is 2. The molecule has 1 fully saturated rings. The van der Waals surface area contributed by atoms with Crippen LogP contribution < -0.4 is 19.7 Å². The molecule has 5 rings (SSSR count). The number of anilines is 1. The van der Waals surface area contributed by atoms with Crippen LogP contribution in [0.15, 0.2) is 60.7 Å². The first kappa shape index (κ1) is 24.8. The molecule has 0 radical (unpaired) electrons. The van der Waals surface area contributed by atoms with Crippen LogP contribution in [-0.4, -0.2) is 31.1 Å². The fraction of sp³-hybridized carbons (Fsp3) is 0.333. The lowest BCUT2D eigenvalue weighted by atomic mass is 9.99. The minimum absolute atomic E-state index is 0.0569. The minimum atomic E-state index is -0.996. The van der Waals surface area contributed by atoms with Gasteiger partial charge >= 0.3 is 0 Å². The third-order valence-corrected chi connectivity index (χ3v) is 7.17. The molecular weight excluding hydrogens is 471 g/mol. The van der Waals surface area contributed by atoms with E-state index < -0.39 is 11.9 Å². The fourth-order valence-electron chi connectivity index (χ4n) is 4.99. The van der Waals surface area contributed by atoms with Crippen molar-refractivity contribution in [3.8, 4) is 11.5 Å². The number of nitrogens with zero attached hydrogens (tertiary/aromatic N) is 1. The standard InChI is InChI=1S/C30H31FN2O4/c1-19-7-13-25(17-20(19)2)33(30(35)22-10-14-26-27(18-22)37-16-15-36-26)28(21-8-11-23(31)12-9-21)29(34)32-24-5-3-4-6-24/h7-14,17-18,24,28H,3-6,15-16H2,1-2H3,(H,32,34)/t28-/m0/s1. The molecule has 1 saturated carbocycles. The maximum absolute atomic E-state index is 14.2. The first-order valence-corrected chi connectivity index (χ1v) is 12.8. The highest BCUT2D eigenvalue weighted by Crippen LogP contribution is 2.35. The molecule has 6 nitrogen and oxygen atoms in total. The Kier molecular flexibility index (Phi) is 7.12. The Labute approximate surface area is 216 Å². The number of benzene rings is 3. The largest absolute Gasteiger partial charge is 0.486 e. The van der Waals surface area contributed by atoms with Crippen molar-refractivity contribution in [3.05, 3.63) is 88.7 Å². The van der Waals surface area contributed by atoms with Crippen LogP contribution in [0.5, 0.6) is 11.5 Å². The van der Waals surface area contributed by atoms with Gasteiger partial charge < -0.3 is 14.8 Å². The zero-order chi connectivity index (χ0) is 25.9. The number of rotatable bonds is 6. The number of carbonyl (C=O) groups is 2. The van der Waals surface area contributed by atoms with E-state index in [0.717, 1.165) is 36.8 Å². The van der Waals surface area contributed by atoms with Crippen molar-refractivity contribution in [1.29, 1.82) is 0 Å². The van der Waals surface area contributed by atoms with Crippen LogP contribution in [0.25, 0.3) is 0 Å². The van der Waals surface area contributed by atoms with Gasteiger partial charge in [-0.05, 0) is 85.8 Å². The van der Waals surface area contributed by atoms with E-state index in [4.69, 9.17) is 9.47 Å². The summed E-state index contributed by atoms with van der Waals surface area (Å²) in [6, 6.07) is 15.6. The Morgan fingerprint density at radius 3 is 2.30 bits per heavy atom. The van der Waals surface area contributed by atoms with Crippen LogP contribution in [0, 0.1) is 19.7 Å². The summed E-state index contributed by atoms with van der Waals surface area (Å²) in [5, 5.41) is 3.15. The van der Waals surface area contributed by atoms with Crippen molar-refractivity contribution < 1.29 is 23.5 Å². The quantitative estimate of drug-likeness (QED) is 0.472. The van der Waals surface area contributed by atoms with Crippen LogP contribution >= 0.6 is 0 Å². The van der Waals surface area contributed by atoms with Crippen molar-refractivity contribution in [1.82, 2.24) is 5.32 Å². The number of hydrogen-bond donors (Lipinski definition) is 1. The molecule has 1 aliphatic heterocycles. The molecule has 3 aromatic rings. The summed E-state index contributed by atoms with van der Waals surface area (Å²) in [4.78, 5) is 29.6. The molecule has 192 valence electrons. The summed E-state index contributed by atoms with van der Waals surface area (Å²) < 4.78 is 25.2. The average Bonchev–Trinajstić information content (AvgIpc) is 3.42. The lowest BCUT2D eigenvalue weighted by Crippen LogP contribution is -2.46. The molecule has 1 N–H and O–H groups in total. The van der Waals surface area contributed by atoms with E-state index in [1.165, 1.54) is 17.0 Å². The molecule has 7 heteroatoms. The molecule has 0 saturated heterocycles. The van der Waals surface area contributed by atoms with Crippen LogP contribution in [0.1, 0.15) is 58.8 Å². The fourth-order valence-corrected chi connectivity index (χ4v) is 4.99. The van der Waals surface area contributed by atoms with Gasteiger partial charge in [-0.3, -0.25) is 14.5 Å². The summed E-state index contributed by atoms with van der Waals surface area (Å²) in [6.45, 7) is 4.81. The molecule has 1 heterocycles. The van der Waals surface area contributed by atoms with Gasteiger partial charge in [0.25, 0.3) is 5.91 Å². The van der Waals surface area contributed by atoms with Crippen molar-refractivity contribution in [2.75, 3.05) is 18.1 Å². The molecule has 2 aliphatic rings. The molecule has 0 spiro atoms. The van der Waals surface area contributed by atoms with Gasteiger partial charge in [-0.2, -0.15) is 0 Å². The Morgan fingerprint density at radius 1 is 0.892 bits per heavy atom. The van der Waals surface area contributed by atoms with Gasteiger partial charge in [-0.15, -0.1) is 0 Å². The van der Waals surface area contributed by atoms with Gasteiger partial charge in [0.1, 0.15) is 25.1 Å². The summed E-state index contributed by atoms with van der Waals surface area (Å²) in [6.07, 6.45) is 3.93. The van der Waals surface area contributed by atoms with E-state index in [2.05, 4.69) is 5.32 Å². The summed E-state index contributed by atoms with van der Waals surface area (Å²) in [5.74, 6) is 0.00816. The first-order chi connectivity index (χ1) is 17.9. The summed E-state index contributed by atoms with van der Waals surface area (Å²) in [7, 11) is 0. The van der Waals surface area contributed by atoms with E-state index >= 15 is 0 Å². The number of halogens is 1. The van der Waals surface area contributed by atoms with Gasteiger partial charge in [0.2, 0.25) is 5.91 Å². The number of carbonyl (C=O) groups excluding carboxylic acids is 2. The van der Waals surface area contributed by atoms with Gasteiger partial charge in [-0.1, -0.05) is 31.0 Å². The van der Waals surface area contributed by atoms with Gasteiger partial charge in [0.15, 0.2) is 11.5 Å². The molecule has 0 bridgehead atoms. The predicted molar refractivity (Wildman–Crippen MR) is 140 cm³/mol. The monoisotopic (exact) mass is 502 g/mol. The van der Waals surface area contributed by atoms with E-state index in [1.54, 1.807) is 30.3 Å². The maximum atomic E-state index is 14.2. The van der Waals surface area contributed by atoms with E-state index in [1.807, 2.05) is 32.0 Å². The second kappa shape index (κ2) is 10.6. The average molecular weight is 503 g/mol. The number of ether oxygens (including phenoxy) is 2. The normalized spacial score (nSPS) is 15.8.